The molecule has 2 heterocycles. The van der Waals surface area contributed by atoms with Gasteiger partial charge in [-0.05, 0) is 12.8 Å². The Morgan fingerprint density at radius 2 is 2.07 bits per heavy atom. The SMILES string of the molecule is CC(=O)OCC1C2CCC(O2)C1CO. The van der Waals surface area contributed by atoms with Crippen LogP contribution in [-0.4, -0.2) is 36.5 Å². The minimum absolute atomic E-state index is 0.132. The minimum atomic E-state index is -0.260. The number of carbonyl (C=O) groups excluding carboxylic acids is 1. The van der Waals surface area contributed by atoms with Gasteiger partial charge in [-0.3, -0.25) is 4.79 Å². The van der Waals surface area contributed by atoms with Gasteiger partial charge in [-0.2, -0.15) is 0 Å². The van der Waals surface area contributed by atoms with Gasteiger partial charge >= 0.3 is 5.97 Å². The third kappa shape index (κ3) is 1.64. The highest BCUT2D eigenvalue weighted by molar-refractivity contribution is 5.65. The molecule has 2 aliphatic heterocycles. The van der Waals surface area contributed by atoms with Gasteiger partial charge in [0, 0.05) is 25.4 Å². The van der Waals surface area contributed by atoms with E-state index in [0.717, 1.165) is 12.8 Å². The highest BCUT2D eigenvalue weighted by Crippen LogP contribution is 2.43. The quantitative estimate of drug-likeness (QED) is 0.667. The summed E-state index contributed by atoms with van der Waals surface area (Å²) in [6, 6.07) is 0. The van der Waals surface area contributed by atoms with Crippen molar-refractivity contribution in [1.29, 1.82) is 0 Å². The zero-order valence-electron chi connectivity index (χ0n) is 8.31. The molecule has 4 heteroatoms. The monoisotopic (exact) mass is 200 g/mol. The van der Waals surface area contributed by atoms with Crippen LogP contribution in [0.2, 0.25) is 0 Å². The molecule has 0 saturated carbocycles. The number of esters is 1. The van der Waals surface area contributed by atoms with E-state index in [9.17, 15) is 9.90 Å². The summed E-state index contributed by atoms with van der Waals surface area (Å²) in [5.41, 5.74) is 0. The summed E-state index contributed by atoms with van der Waals surface area (Å²) in [7, 11) is 0. The highest BCUT2D eigenvalue weighted by atomic mass is 16.5. The lowest BCUT2D eigenvalue weighted by molar-refractivity contribution is -0.143. The molecule has 4 atom stereocenters. The summed E-state index contributed by atoms with van der Waals surface area (Å²) in [6.07, 6.45) is 2.45. The van der Waals surface area contributed by atoms with Crippen LogP contribution in [0, 0.1) is 11.8 Å². The smallest absolute Gasteiger partial charge is 0.302 e. The Morgan fingerprint density at radius 1 is 1.43 bits per heavy atom. The van der Waals surface area contributed by atoms with E-state index in [1.54, 1.807) is 0 Å². The lowest BCUT2D eigenvalue weighted by Gasteiger charge is -2.25. The summed E-state index contributed by atoms with van der Waals surface area (Å²) in [5, 5.41) is 9.20. The summed E-state index contributed by atoms with van der Waals surface area (Å²) in [5.74, 6) is 0.0974. The van der Waals surface area contributed by atoms with Gasteiger partial charge in [0.2, 0.25) is 0 Å². The predicted octanol–water partition coefficient (Wildman–Crippen LogP) is 0.335. The highest BCUT2D eigenvalue weighted by Gasteiger charge is 2.48. The van der Waals surface area contributed by atoms with Crippen LogP contribution in [0.3, 0.4) is 0 Å². The third-order valence-electron chi connectivity index (χ3n) is 3.28. The van der Waals surface area contributed by atoms with E-state index in [-0.39, 0.29) is 36.6 Å². The maximum absolute atomic E-state index is 10.7. The molecule has 2 fully saturated rings. The van der Waals surface area contributed by atoms with Crippen molar-refractivity contribution in [2.75, 3.05) is 13.2 Å². The Morgan fingerprint density at radius 3 is 2.64 bits per heavy atom. The van der Waals surface area contributed by atoms with Crippen molar-refractivity contribution in [1.82, 2.24) is 0 Å². The first-order chi connectivity index (χ1) is 6.72. The number of fused-ring (bicyclic) bond motifs is 2. The van der Waals surface area contributed by atoms with E-state index in [2.05, 4.69) is 0 Å². The van der Waals surface area contributed by atoms with Crippen molar-refractivity contribution < 1.29 is 19.4 Å². The Kier molecular flexibility index (Phi) is 2.74. The molecule has 0 spiro atoms. The number of ether oxygens (including phenoxy) is 2. The number of hydrogen-bond acceptors (Lipinski definition) is 4. The van der Waals surface area contributed by atoms with Crippen molar-refractivity contribution in [3.8, 4) is 0 Å². The molecule has 80 valence electrons. The van der Waals surface area contributed by atoms with Gasteiger partial charge in [-0.25, -0.2) is 0 Å². The average Bonchev–Trinajstić information content (AvgIpc) is 2.72. The van der Waals surface area contributed by atoms with Gasteiger partial charge in [0.25, 0.3) is 0 Å². The summed E-state index contributed by atoms with van der Waals surface area (Å²) < 4.78 is 10.6. The van der Waals surface area contributed by atoms with Gasteiger partial charge in [-0.15, -0.1) is 0 Å². The van der Waals surface area contributed by atoms with E-state index >= 15 is 0 Å². The molecule has 4 unspecified atom stereocenters. The van der Waals surface area contributed by atoms with E-state index in [1.165, 1.54) is 6.92 Å². The van der Waals surface area contributed by atoms with E-state index in [4.69, 9.17) is 9.47 Å². The van der Waals surface area contributed by atoms with E-state index in [0.29, 0.717) is 6.61 Å². The van der Waals surface area contributed by atoms with Crippen molar-refractivity contribution in [3.63, 3.8) is 0 Å². The van der Waals surface area contributed by atoms with Gasteiger partial charge < -0.3 is 14.6 Å². The van der Waals surface area contributed by atoms with Crippen LogP contribution < -0.4 is 0 Å². The van der Waals surface area contributed by atoms with Gasteiger partial charge in [-0.1, -0.05) is 0 Å². The fourth-order valence-corrected chi connectivity index (χ4v) is 2.57. The van der Waals surface area contributed by atoms with Crippen LogP contribution in [0.5, 0.6) is 0 Å². The number of aliphatic hydroxyl groups excluding tert-OH is 1. The zero-order valence-corrected chi connectivity index (χ0v) is 8.31. The normalized spacial score (nSPS) is 40.1. The Labute approximate surface area is 83.2 Å². The maximum atomic E-state index is 10.7. The molecule has 2 saturated heterocycles. The predicted molar refractivity (Wildman–Crippen MR) is 48.6 cm³/mol. The van der Waals surface area contributed by atoms with Gasteiger partial charge in [0.1, 0.15) is 0 Å². The molecule has 0 amide bonds. The second-order valence-electron chi connectivity index (χ2n) is 4.10. The molecular formula is C10H16O4. The van der Waals surface area contributed by atoms with Crippen LogP contribution in [0.4, 0.5) is 0 Å². The van der Waals surface area contributed by atoms with Crippen molar-refractivity contribution >= 4 is 5.97 Å². The first-order valence-corrected chi connectivity index (χ1v) is 5.12. The Bertz CT molecular complexity index is 228. The van der Waals surface area contributed by atoms with Crippen molar-refractivity contribution in [2.24, 2.45) is 11.8 Å². The molecule has 0 aromatic rings. The molecule has 14 heavy (non-hydrogen) atoms. The number of aliphatic hydroxyl groups is 1. The average molecular weight is 200 g/mol. The maximum Gasteiger partial charge on any atom is 0.302 e. The third-order valence-corrected chi connectivity index (χ3v) is 3.28. The number of carbonyl (C=O) groups is 1. The molecule has 2 bridgehead atoms. The molecule has 4 nitrogen and oxygen atoms in total. The van der Waals surface area contributed by atoms with Crippen LogP contribution in [0.25, 0.3) is 0 Å². The molecule has 0 aromatic carbocycles. The zero-order chi connectivity index (χ0) is 10.1. The second-order valence-corrected chi connectivity index (χ2v) is 4.10. The lowest BCUT2D eigenvalue weighted by atomic mass is 9.80. The summed E-state index contributed by atoms with van der Waals surface area (Å²) >= 11 is 0. The van der Waals surface area contributed by atoms with Gasteiger partial charge in [0.15, 0.2) is 0 Å². The van der Waals surface area contributed by atoms with E-state index in [1.807, 2.05) is 0 Å². The Hall–Kier alpha value is -0.610. The van der Waals surface area contributed by atoms with Crippen molar-refractivity contribution in [3.05, 3.63) is 0 Å². The Balaban J connectivity index is 1.93. The fourth-order valence-electron chi connectivity index (χ4n) is 2.57. The van der Waals surface area contributed by atoms with Crippen LogP contribution >= 0.6 is 0 Å². The lowest BCUT2D eigenvalue weighted by Crippen LogP contribution is -2.33. The molecule has 0 aromatic heterocycles. The van der Waals surface area contributed by atoms with Crippen LogP contribution in [0.15, 0.2) is 0 Å². The summed E-state index contributed by atoms with van der Waals surface area (Å²) in [6.45, 7) is 1.93. The van der Waals surface area contributed by atoms with E-state index < -0.39 is 0 Å². The largest absolute Gasteiger partial charge is 0.465 e. The molecule has 0 radical (unpaired) electrons. The first-order valence-electron chi connectivity index (χ1n) is 5.12. The topological polar surface area (TPSA) is 55.8 Å². The fraction of sp³-hybridized carbons (Fsp3) is 0.900. The first kappa shape index (κ1) is 9.93. The standard InChI is InChI=1S/C10H16O4/c1-6(12)13-5-8-7(4-11)9-2-3-10(8)14-9/h7-11H,2-5H2,1H3. The second kappa shape index (κ2) is 3.87. The molecule has 0 aliphatic carbocycles. The van der Waals surface area contributed by atoms with Crippen LogP contribution in [-0.2, 0) is 14.3 Å². The molecular weight excluding hydrogens is 184 g/mol. The van der Waals surface area contributed by atoms with Crippen molar-refractivity contribution in [2.45, 2.75) is 32.0 Å². The number of rotatable bonds is 3. The van der Waals surface area contributed by atoms with Crippen LogP contribution in [0.1, 0.15) is 19.8 Å². The molecule has 2 rings (SSSR count). The molecule has 1 N–H and O–H groups in total. The molecule has 2 aliphatic rings. The number of hydrogen-bond donors (Lipinski definition) is 1. The minimum Gasteiger partial charge on any atom is -0.465 e. The summed E-state index contributed by atoms with van der Waals surface area (Å²) in [4.78, 5) is 10.7. The van der Waals surface area contributed by atoms with Gasteiger partial charge in [0.05, 0.1) is 18.8 Å².